The molecule has 0 spiro atoms. The van der Waals surface area contributed by atoms with E-state index in [1.807, 2.05) is 13.8 Å². The van der Waals surface area contributed by atoms with Gasteiger partial charge in [-0.15, -0.1) is 0 Å². The van der Waals surface area contributed by atoms with Crippen molar-refractivity contribution in [1.82, 2.24) is 10.1 Å². The Bertz CT molecular complexity index is 479. The van der Waals surface area contributed by atoms with E-state index in [1.54, 1.807) is 20.9 Å². The summed E-state index contributed by atoms with van der Waals surface area (Å²) in [5, 5.41) is 12.6. The van der Waals surface area contributed by atoms with Gasteiger partial charge in [0.15, 0.2) is 5.69 Å². The zero-order valence-corrected chi connectivity index (χ0v) is 11.9. The second-order valence-corrected chi connectivity index (χ2v) is 5.04. The topological polar surface area (TPSA) is 83.6 Å². The number of carboxylic acid groups (broad SMARTS) is 1. The number of nitrogens with zero attached hydrogens (tertiary/aromatic N) is 2. The third kappa shape index (κ3) is 3.33. The fraction of sp³-hybridized carbons (Fsp3) is 0.615. The van der Waals surface area contributed by atoms with Crippen LogP contribution in [0, 0.1) is 6.92 Å². The lowest BCUT2D eigenvalue weighted by atomic mass is 10.1. The Morgan fingerprint density at radius 3 is 2.37 bits per heavy atom. The molecule has 1 heterocycles. The molecule has 1 aromatic heterocycles. The standard InChI is InChI=1S/C13H20N2O4/c1-7(2)12-9(4)11(14-19-12)13(18)15(5)8(3)6-10(16)17/h7-8H,6H2,1-5H3,(H,16,17). The molecule has 0 aromatic carbocycles. The van der Waals surface area contributed by atoms with Gasteiger partial charge in [-0.25, -0.2) is 0 Å². The second kappa shape index (κ2) is 5.86. The lowest BCUT2D eigenvalue weighted by Gasteiger charge is -2.22. The number of hydrogen-bond acceptors (Lipinski definition) is 4. The fourth-order valence-corrected chi connectivity index (χ4v) is 1.84. The van der Waals surface area contributed by atoms with Crippen molar-refractivity contribution in [2.75, 3.05) is 7.05 Å². The van der Waals surface area contributed by atoms with Crippen molar-refractivity contribution in [3.8, 4) is 0 Å². The first-order chi connectivity index (χ1) is 8.75. The van der Waals surface area contributed by atoms with Gasteiger partial charge in [-0.2, -0.15) is 0 Å². The number of amides is 1. The normalized spacial score (nSPS) is 12.5. The molecule has 0 aliphatic carbocycles. The van der Waals surface area contributed by atoms with Crippen molar-refractivity contribution in [3.63, 3.8) is 0 Å². The van der Waals surface area contributed by atoms with Crippen molar-refractivity contribution in [3.05, 3.63) is 17.0 Å². The van der Waals surface area contributed by atoms with Gasteiger partial charge < -0.3 is 14.5 Å². The average Bonchev–Trinajstić information content (AvgIpc) is 2.68. The maximum absolute atomic E-state index is 12.2. The quantitative estimate of drug-likeness (QED) is 0.883. The minimum Gasteiger partial charge on any atom is -0.481 e. The Morgan fingerprint density at radius 1 is 1.37 bits per heavy atom. The van der Waals surface area contributed by atoms with E-state index in [1.165, 1.54) is 4.90 Å². The predicted octanol–water partition coefficient (Wildman–Crippen LogP) is 2.04. The summed E-state index contributed by atoms with van der Waals surface area (Å²) >= 11 is 0. The van der Waals surface area contributed by atoms with Crippen LogP contribution in [0.4, 0.5) is 0 Å². The van der Waals surface area contributed by atoms with Crippen LogP contribution >= 0.6 is 0 Å². The van der Waals surface area contributed by atoms with Gasteiger partial charge in [-0.3, -0.25) is 9.59 Å². The molecule has 0 saturated carbocycles. The van der Waals surface area contributed by atoms with Gasteiger partial charge in [0, 0.05) is 24.6 Å². The number of carbonyl (C=O) groups is 2. The van der Waals surface area contributed by atoms with Gasteiger partial charge in [0.25, 0.3) is 5.91 Å². The lowest BCUT2D eigenvalue weighted by molar-refractivity contribution is -0.137. The van der Waals surface area contributed by atoms with E-state index in [0.717, 1.165) is 5.56 Å². The van der Waals surface area contributed by atoms with Crippen molar-refractivity contribution in [2.45, 2.75) is 46.1 Å². The van der Waals surface area contributed by atoms with E-state index >= 15 is 0 Å². The second-order valence-electron chi connectivity index (χ2n) is 5.04. The average molecular weight is 268 g/mol. The monoisotopic (exact) mass is 268 g/mol. The smallest absolute Gasteiger partial charge is 0.305 e. The van der Waals surface area contributed by atoms with E-state index in [0.29, 0.717) is 5.76 Å². The summed E-state index contributed by atoms with van der Waals surface area (Å²) in [6, 6.07) is -0.399. The van der Waals surface area contributed by atoms with E-state index in [-0.39, 0.29) is 23.9 Å². The highest BCUT2D eigenvalue weighted by molar-refractivity contribution is 5.94. The molecule has 0 aliphatic rings. The molecule has 19 heavy (non-hydrogen) atoms. The summed E-state index contributed by atoms with van der Waals surface area (Å²) in [6.45, 7) is 7.39. The first-order valence-corrected chi connectivity index (χ1v) is 6.20. The number of aromatic nitrogens is 1. The Morgan fingerprint density at radius 2 is 1.95 bits per heavy atom. The molecule has 1 N–H and O–H groups in total. The molecule has 6 nitrogen and oxygen atoms in total. The van der Waals surface area contributed by atoms with E-state index in [9.17, 15) is 9.59 Å². The molecule has 1 aromatic rings. The Hall–Kier alpha value is -1.85. The molecular formula is C13H20N2O4. The first-order valence-electron chi connectivity index (χ1n) is 6.20. The highest BCUT2D eigenvalue weighted by atomic mass is 16.5. The van der Waals surface area contributed by atoms with Gasteiger partial charge >= 0.3 is 5.97 Å². The molecule has 1 atom stereocenters. The molecule has 1 unspecified atom stereocenters. The van der Waals surface area contributed by atoms with Crippen LogP contribution in [-0.2, 0) is 4.79 Å². The van der Waals surface area contributed by atoms with E-state index in [2.05, 4.69) is 5.16 Å². The summed E-state index contributed by atoms with van der Waals surface area (Å²) in [4.78, 5) is 24.3. The molecular weight excluding hydrogens is 248 g/mol. The van der Waals surface area contributed by atoms with Gasteiger partial charge in [-0.05, 0) is 13.8 Å². The van der Waals surface area contributed by atoms with Gasteiger partial charge in [-0.1, -0.05) is 19.0 Å². The van der Waals surface area contributed by atoms with Gasteiger partial charge in [0.2, 0.25) is 0 Å². The molecule has 0 aliphatic heterocycles. The third-order valence-electron chi connectivity index (χ3n) is 3.14. The van der Waals surface area contributed by atoms with Gasteiger partial charge in [0.05, 0.1) is 6.42 Å². The minimum absolute atomic E-state index is 0.101. The number of aliphatic carboxylic acids is 1. The van der Waals surface area contributed by atoms with E-state index < -0.39 is 12.0 Å². The number of hydrogen-bond donors (Lipinski definition) is 1. The molecule has 0 saturated heterocycles. The van der Waals surface area contributed by atoms with Crippen LogP contribution in [0.15, 0.2) is 4.52 Å². The summed E-state index contributed by atoms with van der Waals surface area (Å²) < 4.78 is 5.18. The van der Waals surface area contributed by atoms with Crippen LogP contribution in [-0.4, -0.2) is 40.1 Å². The summed E-state index contributed by atoms with van der Waals surface area (Å²) in [5.41, 5.74) is 0.970. The summed E-state index contributed by atoms with van der Waals surface area (Å²) in [6.07, 6.45) is -0.101. The SMILES string of the molecule is Cc1c(C(=O)N(C)C(C)CC(=O)O)noc1C(C)C. The molecule has 1 amide bonds. The summed E-state index contributed by atoms with van der Waals surface area (Å²) in [7, 11) is 1.57. The van der Waals surface area contributed by atoms with Crippen LogP contribution in [0.5, 0.6) is 0 Å². The Balaban J connectivity index is 2.91. The van der Waals surface area contributed by atoms with Gasteiger partial charge in [0.1, 0.15) is 5.76 Å². The number of rotatable bonds is 5. The zero-order valence-electron chi connectivity index (χ0n) is 11.9. The predicted molar refractivity (Wildman–Crippen MR) is 69.1 cm³/mol. The van der Waals surface area contributed by atoms with Crippen LogP contribution in [0.1, 0.15) is 54.9 Å². The van der Waals surface area contributed by atoms with Crippen molar-refractivity contribution < 1.29 is 19.2 Å². The van der Waals surface area contributed by atoms with E-state index in [4.69, 9.17) is 9.63 Å². The van der Waals surface area contributed by atoms with Crippen molar-refractivity contribution >= 4 is 11.9 Å². The molecule has 6 heteroatoms. The van der Waals surface area contributed by atoms with Crippen LogP contribution < -0.4 is 0 Å². The molecule has 106 valence electrons. The minimum atomic E-state index is -0.938. The number of carboxylic acids is 1. The highest BCUT2D eigenvalue weighted by Gasteiger charge is 2.26. The number of carbonyl (C=O) groups excluding carboxylic acids is 1. The largest absolute Gasteiger partial charge is 0.481 e. The molecule has 0 radical (unpaired) electrons. The maximum atomic E-state index is 12.2. The lowest BCUT2D eigenvalue weighted by Crippen LogP contribution is -2.37. The molecule has 0 bridgehead atoms. The first kappa shape index (κ1) is 15.2. The maximum Gasteiger partial charge on any atom is 0.305 e. The fourth-order valence-electron chi connectivity index (χ4n) is 1.84. The van der Waals surface area contributed by atoms with Crippen molar-refractivity contribution in [1.29, 1.82) is 0 Å². The Kier molecular flexibility index (Phi) is 4.69. The molecule has 1 rings (SSSR count). The third-order valence-corrected chi connectivity index (χ3v) is 3.14. The summed E-state index contributed by atoms with van der Waals surface area (Å²) in [5.74, 6) is -0.424. The van der Waals surface area contributed by atoms with Crippen LogP contribution in [0.2, 0.25) is 0 Å². The van der Waals surface area contributed by atoms with Crippen LogP contribution in [0.3, 0.4) is 0 Å². The Labute approximate surface area is 112 Å². The highest BCUT2D eigenvalue weighted by Crippen LogP contribution is 2.22. The zero-order chi connectivity index (χ0) is 14.7. The van der Waals surface area contributed by atoms with Crippen LogP contribution in [0.25, 0.3) is 0 Å². The molecule has 0 fully saturated rings. The van der Waals surface area contributed by atoms with Crippen molar-refractivity contribution in [2.24, 2.45) is 0 Å².